The second-order valence-electron chi connectivity index (χ2n) is 7.81. The minimum atomic E-state index is 0.824. The number of unbranched alkanes of at least 4 members (excludes halogenated alkanes) is 1. The minimum Gasteiger partial charge on any atom is -0.388 e. The third-order valence-corrected chi connectivity index (χ3v) is 5.05. The first kappa shape index (κ1) is 25.2. The van der Waals surface area contributed by atoms with Crippen LogP contribution in [0.25, 0.3) is 11.1 Å². The standard InChI is InChI=1S/C18H19N.C5H8N2.C5H10O/c1-3-4-5-6-15-7-9-16(10-8-15)17-11-13-18(19-2)14-12-17;1-2-5-6-3-4-7-5;1-5-2-3-6-4-5/h7-14,19H,3-4H2,1-2H3;3-4H,2H2,1H3,(H,6,7);5H,2-4H2,1H3. The maximum Gasteiger partial charge on any atom is 0.105 e. The largest absolute Gasteiger partial charge is 0.388 e. The van der Waals surface area contributed by atoms with Crippen LogP contribution in [0.2, 0.25) is 0 Å². The molecule has 0 amide bonds. The van der Waals surface area contributed by atoms with Crippen LogP contribution >= 0.6 is 0 Å². The number of ether oxygens (including phenoxy) is 1. The summed E-state index contributed by atoms with van der Waals surface area (Å²) in [5.41, 5.74) is 4.67. The lowest BCUT2D eigenvalue weighted by Crippen LogP contribution is -1.88. The molecular formula is C28H37N3O. The molecule has 0 aliphatic carbocycles. The molecule has 2 heterocycles. The van der Waals surface area contributed by atoms with Gasteiger partial charge in [-0.25, -0.2) is 4.98 Å². The van der Waals surface area contributed by atoms with Crippen LogP contribution in [-0.4, -0.2) is 30.2 Å². The fourth-order valence-electron chi connectivity index (χ4n) is 3.01. The number of nitrogens with one attached hydrogen (secondary N) is 2. The van der Waals surface area contributed by atoms with Crippen LogP contribution in [0.3, 0.4) is 0 Å². The van der Waals surface area contributed by atoms with Crippen molar-refractivity contribution in [1.29, 1.82) is 0 Å². The van der Waals surface area contributed by atoms with Crippen LogP contribution in [0, 0.1) is 17.8 Å². The first-order valence-corrected chi connectivity index (χ1v) is 11.6. The number of hydrogen-bond donors (Lipinski definition) is 2. The Balaban J connectivity index is 0.000000225. The number of aryl methyl sites for hydroxylation is 1. The summed E-state index contributed by atoms with van der Waals surface area (Å²) in [7, 11) is 1.93. The van der Waals surface area contributed by atoms with Crippen LogP contribution in [0.4, 0.5) is 5.69 Å². The van der Waals surface area contributed by atoms with Gasteiger partial charge < -0.3 is 15.0 Å². The van der Waals surface area contributed by atoms with E-state index in [1.165, 1.54) is 17.5 Å². The summed E-state index contributed by atoms with van der Waals surface area (Å²) in [6.45, 7) is 8.40. The van der Waals surface area contributed by atoms with Gasteiger partial charge in [0.2, 0.25) is 0 Å². The van der Waals surface area contributed by atoms with E-state index in [2.05, 4.69) is 96.4 Å². The maximum absolute atomic E-state index is 5.06. The molecule has 1 aliphatic heterocycles. The molecule has 1 unspecified atom stereocenters. The molecule has 32 heavy (non-hydrogen) atoms. The number of rotatable bonds is 4. The summed E-state index contributed by atoms with van der Waals surface area (Å²) in [6, 6.07) is 16.9. The van der Waals surface area contributed by atoms with Gasteiger partial charge in [-0.15, -0.1) is 0 Å². The fraction of sp³-hybridized carbons (Fsp3) is 0.393. The molecule has 1 saturated heterocycles. The van der Waals surface area contributed by atoms with E-state index in [1.54, 1.807) is 6.20 Å². The van der Waals surface area contributed by atoms with E-state index in [4.69, 9.17) is 4.74 Å². The van der Waals surface area contributed by atoms with Crippen molar-refractivity contribution < 1.29 is 4.74 Å². The van der Waals surface area contributed by atoms with Crippen LogP contribution < -0.4 is 5.32 Å². The SMILES string of the molecule is CC1CCOC1.CCCC#Cc1ccc(-c2ccc(NC)cc2)cc1.CCc1ncc[nH]1. The van der Waals surface area contributed by atoms with Crippen molar-refractivity contribution >= 4 is 5.69 Å². The molecule has 1 aromatic heterocycles. The molecule has 170 valence electrons. The lowest BCUT2D eigenvalue weighted by molar-refractivity contribution is 0.188. The summed E-state index contributed by atoms with van der Waals surface area (Å²) >= 11 is 0. The molecule has 0 bridgehead atoms. The lowest BCUT2D eigenvalue weighted by Gasteiger charge is -2.04. The molecule has 1 fully saturated rings. The van der Waals surface area contributed by atoms with Crippen LogP contribution in [0.15, 0.2) is 60.9 Å². The number of anilines is 1. The first-order chi connectivity index (χ1) is 15.7. The van der Waals surface area contributed by atoms with Gasteiger partial charge in [-0.1, -0.05) is 56.9 Å². The molecule has 3 aromatic rings. The van der Waals surface area contributed by atoms with Gasteiger partial charge in [-0.2, -0.15) is 0 Å². The van der Waals surface area contributed by atoms with Crippen LogP contribution in [0.1, 0.15) is 51.4 Å². The molecule has 0 radical (unpaired) electrons. The molecule has 1 aliphatic rings. The Morgan fingerprint density at radius 3 is 2.16 bits per heavy atom. The molecule has 2 aromatic carbocycles. The van der Waals surface area contributed by atoms with E-state index in [0.29, 0.717) is 0 Å². The van der Waals surface area contributed by atoms with Crippen molar-refractivity contribution in [1.82, 2.24) is 9.97 Å². The minimum absolute atomic E-state index is 0.824. The van der Waals surface area contributed by atoms with Crippen molar-refractivity contribution in [2.45, 2.75) is 46.5 Å². The summed E-state index contributed by atoms with van der Waals surface area (Å²) < 4.78 is 5.06. The summed E-state index contributed by atoms with van der Waals surface area (Å²) in [4.78, 5) is 6.95. The Labute approximate surface area is 193 Å². The van der Waals surface area contributed by atoms with Crippen molar-refractivity contribution in [2.75, 3.05) is 25.6 Å². The van der Waals surface area contributed by atoms with E-state index in [1.807, 2.05) is 13.2 Å². The first-order valence-electron chi connectivity index (χ1n) is 11.6. The number of H-pyrrole nitrogens is 1. The van der Waals surface area contributed by atoms with E-state index >= 15 is 0 Å². The predicted octanol–water partition coefficient (Wildman–Crippen LogP) is 6.56. The highest BCUT2D eigenvalue weighted by molar-refractivity contribution is 5.66. The number of aromatic amines is 1. The molecule has 0 saturated carbocycles. The molecule has 4 heteroatoms. The van der Waals surface area contributed by atoms with Gasteiger partial charge in [0.1, 0.15) is 5.82 Å². The Hall–Kier alpha value is -3.03. The van der Waals surface area contributed by atoms with Gasteiger partial charge in [0.05, 0.1) is 0 Å². The number of aromatic nitrogens is 2. The zero-order valence-electron chi connectivity index (χ0n) is 19.9. The van der Waals surface area contributed by atoms with Crippen molar-refractivity contribution in [3.63, 3.8) is 0 Å². The van der Waals surface area contributed by atoms with Crippen LogP contribution in [0.5, 0.6) is 0 Å². The van der Waals surface area contributed by atoms with Crippen molar-refractivity contribution in [3.05, 3.63) is 72.3 Å². The topological polar surface area (TPSA) is 49.9 Å². The van der Waals surface area contributed by atoms with Gasteiger partial charge in [-0.05, 0) is 54.2 Å². The Kier molecular flexibility index (Phi) is 11.7. The maximum atomic E-state index is 5.06. The molecular weight excluding hydrogens is 394 g/mol. The number of imidazole rings is 1. The van der Waals surface area contributed by atoms with E-state index in [9.17, 15) is 0 Å². The zero-order chi connectivity index (χ0) is 23.0. The highest BCUT2D eigenvalue weighted by Crippen LogP contribution is 2.21. The highest BCUT2D eigenvalue weighted by atomic mass is 16.5. The Morgan fingerprint density at radius 2 is 1.75 bits per heavy atom. The summed E-state index contributed by atoms with van der Waals surface area (Å²) in [6.07, 6.45) is 7.93. The van der Waals surface area contributed by atoms with E-state index < -0.39 is 0 Å². The predicted molar refractivity (Wildman–Crippen MR) is 136 cm³/mol. The number of hydrogen-bond acceptors (Lipinski definition) is 3. The fourth-order valence-corrected chi connectivity index (χ4v) is 3.01. The zero-order valence-corrected chi connectivity index (χ0v) is 19.9. The molecule has 4 rings (SSSR count). The monoisotopic (exact) mass is 431 g/mol. The van der Waals surface area contributed by atoms with E-state index in [0.717, 1.165) is 55.5 Å². The van der Waals surface area contributed by atoms with Gasteiger partial charge in [0.15, 0.2) is 0 Å². The van der Waals surface area contributed by atoms with Gasteiger partial charge in [0, 0.05) is 56.7 Å². The van der Waals surface area contributed by atoms with Gasteiger partial charge in [0.25, 0.3) is 0 Å². The Morgan fingerprint density at radius 1 is 1.06 bits per heavy atom. The third kappa shape index (κ3) is 9.41. The van der Waals surface area contributed by atoms with Gasteiger partial charge in [-0.3, -0.25) is 0 Å². The average molecular weight is 432 g/mol. The van der Waals surface area contributed by atoms with Gasteiger partial charge >= 0.3 is 0 Å². The molecule has 2 N–H and O–H groups in total. The lowest BCUT2D eigenvalue weighted by atomic mass is 10.0. The molecule has 4 nitrogen and oxygen atoms in total. The normalized spacial score (nSPS) is 14.2. The summed E-state index contributed by atoms with van der Waals surface area (Å²) in [5.74, 6) is 8.23. The number of nitrogens with zero attached hydrogens (tertiary/aromatic N) is 1. The number of benzene rings is 2. The smallest absolute Gasteiger partial charge is 0.105 e. The molecule has 0 spiro atoms. The van der Waals surface area contributed by atoms with E-state index in [-0.39, 0.29) is 0 Å². The Bertz CT molecular complexity index is 914. The van der Waals surface area contributed by atoms with Crippen molar-refractivity contribution in [2.24, 2.45) is 5.92 Å². The quantitative estimate of drug-likeness (QED) is 0.460. The third-order valence-electron chi connectivity index (χ3n) is 5.05. The second-order valence-corrected chi connectivity index (χ2v) is 7.81. The molecule has 1 atom stereocenters. The second kappa shape index (κ2) is 14.9. The average Bonchev–Trinajstić information content (AvgIpc) is 3.55. The highest BCUT2D eigenvalue weighted by Gasteiger charge is 2.07. The summed E-state index contributed by atoms with van der Waals surface area (Å²) in [5, 5.41) is 3.13. The van der Waals surface area contributed by atoms with Crippen LogP contribution in [-0.2, 0) is 11.2 Å². The van der Waals surface area contributed by atoms with Crippen molar-refractivity contribution in [3.8, 4) is 23.0 Å².